The molecular weight excluding hydrogens is 414 g/mol. The lowest BCUT2D eigenvalue weighted by atomic mass is 9.77. The van der Waals surface area contributed by atoms with E-state index in [0.717, 1.165) is 18.3 Å². The molecule has 0 heterocycles. The Bertz CT molecular complexity index is 876. The summed E-state index contributed by atoms with van der Waals surface area (Å²) in [5, 5.41) is 0. The summed E-state index contributed by atoms with van der Waals surface area (Å²) in [6.45, 7) is 11.7. The lowest BCUT2D eigenvalue weighted by Gasteiger charge is -2.29. The summed E-state index contributed by atoms with van der Waals surface area (Å²) < 4.78 is 0. The molecule has 0 saturated heterocycles. The van der Waals surface area contributed by atoms with Gasteiger partial charge < -0.3 is 5.73 Å². The van der Waals surface area contributed by atoms with E-state index in [1.807, 2.05) is 0 Å². The number of nitrogens with two attached hydrogens (primary N) is 1. The molecule has 0 atom stereocenters. The van der Waals surface area contributed by atoms with E-state index in [4.69, 9.17) is 5.73 Å². The Balaban J connectivity index is 0.000000604. The molecule has 3 rings (SSSR count). The summed E-state index contributed by atoms with van der Waals surface area (Å²) in [6.07, 6.45) is 14.9. The smallest absolute Gasteiger partial charge is 0.243 e. The van der Waals surface area contributed by atoms with Crippen molar-refractivity contribution in [2.45, 2.75) is 104 Å². The average molecular weight is 462 g/mol. The molecule has 0 aromatic heterocycles. The van der Waals surface area contributed by atoms with Gasteiger partial charge in [0.2, 0.25) is 5.91 Å². The molecule has 0 unspecified atom stereocenters. The molecule has 0 radical (unpaired) electrons. The zero-order valence-corrected chi connectivity index (χ0v) is 22.2. The molecule has 1 fully saturated rings. The number of aryl methyl sites for hydroxylation is 2. The van der Waals surface area contributed by atoms with Crippen LogP contribution in [0.4, 0.5) is 0 Å². The van der Waals surface area contributed by atoms with E-state index >= 15 is 0 Å². The van der Waals surface area contributed by atoms with Crippen LogP contribution in [0.15, 0.2) is 54.6 Å². The largest absolute Gasteiger partial charge is 0.366 e. The fourth-order valence-electron chi connectivity index (χ4n) is 5.07. The number of hydrogen-bond donors (Lipinski definition) is 1. The van der Waals surface area contributed by atoms with Crippen molar-refractivity contribution >= 4 is 5.91 Å². The molecule has 0 aliphatic heterocycles. The van der Waals surface area contributed by atoms with Gasteiger partial charge in [0.25, 0.3) is 0 Å². The van der Waals surface area contributed by atoms with Crippen LogP contribution in [0.1, 0.15) is 108 Å². The number of unbranched alkanes of at least 4 members (excludes halogenated alkanes) is 2. The monoisotopic (exact) mass is 461 g/mol. The van der Waals surface area contributed by atoms with E-state index < -0.39 is 5.91 Å². The second kappa shape index (κ2) is 14.8. The van der Waals surface area contributed by atoms with Crippen LogP contribution in [0.25, 0.3) is 11.1 Å². The highest BCUT2D eigenvalue weighted by molar-refractivity contribution is 5.90. The molecule has 2 aromatic rings. The number of carbonyl (C=O) groups excluding carboxylic acids is 1. The van der Waals surface area contributed by atoms with Crippen LogP contribution in [0.3, 0.4) is 0 Å². The molecular formula is C32H47NO. The van der Waals surface area contributed by atoms with Crippen molar-refractivity contribution in [2.75, 3.05) is 0 Å². The fraction of sp³-hybridized carbons (Fsp3) is 0.531. The lowest BCUT2D eigenvalue weighted by molar-refractivity contribution is -0.114. The Morgan fingerprint density at radius 3 is 2.12 bits per heavy atom. The maximum atomic E-state index is 9.82. The van der Waals surface area contributed by atoms with Gasteiger partial charge in [0.1, 0.15) is 0 Å². The zero-order valence-electron chi connectivity index (χ0n) is 22.2. The van der Waals surface area contributed by atoms with Crippen molar-refractivity contribution < 1.29 is 4.79 Å². The van der Waals surface area contributed by atoms with Crippen molar-refractivity contribution in [3.05, 3.63) is 71.3 Å². The third-order valence-electron chi connectivity index (χ3n) is 7.27. The van der Waals surface area contributed by atoms with Gasteiger partial charge >= 0.3 is 0 Å². The van der Waals surface area contributed by atoms with E-state index in [1.165, 1.54) is 86.5 Å². The van der Waals surface area contributed by atoms with Crippen molar-refractivity contribution in [3.8, 4) is 11.1 Å². The van der Waals surface area contributed by atoms with Crippen molar-refractivity contribution in [3.63, 3.8) is 0 Å². The van der Waals surface area contributed by atoms with Gasteiger partial charge in [-0.15, -0.1) is 0 Å². The van der Waals surface area contributed by atoms with Gasteiger partial charge in [0, 0.05) is 5.57 Å². The fourth-order valence-corrected chi connectivity index (χ4v) is 5.07. The van der Waals surface area contributed by atoms with E-state index in [-0.39, 0.29) is 0 Å². The van der Waals surface area contributed by atoms with E-state index in [1.54, 1.807) is 12.5 Å². The molecule has 1 aliphatic carbocycles. The Kier molecular flexibility index (Phi) is 12.2. The van der Waals surface area contributed by atoms with Gasteiger partial charge in [0.15, 0.2) is 0 Å². The lowest BCUT2D eigenvalue weighted by Crippen LogP contribution is -2.13. The molecule has 2 aromatic carbocycles. The van der Waals surface area contributed by atoms with E-state index in [2.05, 4.69) is 69.8 Å². The average Bonchev–Trinajstić information content (AvgIpc) is 2.85. The van der Waals surface area contributed by atoms with Crippen LogP contribution >= 0.6 is 0 Å². The molecule has 2 heteroatoms. The van der Waals surface area contributed by atoms with Gasteiger partial charge in [-0.05, 0) is 85.1 Å². The van der Waals surface area contributed by atoms with Crippen molar-refractivity contribution in [1.82, 2.24) is 0 Å². The number of carbonyl (C=O) groups is 1. The molecule has 2 nitrogen and oxygen atoms in total. The summed E-state index contributed by atoms with van der Waals surface area (Å²) in [5.74, 6) is 1.35. The second-order valence-corrected chi connectivity index (χ2v) is 10.1. The quantitative estimate of drug-likeness (QED) is 0.279. The molecule has 1 saturated carbocycles. The Morgan fingerprint density at radius 2 is 1.59 bits per heavy atom. The van der Waals surface area contributed by atoms with Crippen LogP contribution in [0, 0.1) is 5.92 Å². The summed E-state index contributed by atoms with van der Waals surface area (Å²) >= 11 is 0. The van der Waals surface area contributed by atoms with Crippen LogP contribution in [-0.2, 0) is 17.6 Å². The highest BCUT2D eigenvalue weighted by atomic mass is 16.1. The molecule has 1 aliphatic rings. The minimum Gasteiger partial charge on any atom is -0.366 e. The van der Waals surface area contributed by atoms with Crippen LogP contribution in [0.2, 0.25) is 0 Å². The van der Waals surface area contributed by atoms with Gasteiger partial charge in [0.05, 0.1) is 0 Å². The first-order valence-electron chi connectivity index (χ1n) is 13.6. The summed E-state index contributed by atoms with van der Waals surface area (Å²) in [7, 11) is 0. The number of benzene rings is 2. The zero-order chi connectivity index (χ0) is 24.9. The number of rotatable bonds is 10. The minimum atomic E-state index is -0.435. The number of primary amides is 1. The molecule has 0 spiro atoms. The molecule has 186 valence electrons. The first-order valence-corrected chi connectivity index (χ1v) is 13.6. The maximum Gasteiger partial charge on any atom is 0.243 e. The Hall–Kier alpha value is -2.35. The summed E-state index contributed by atoms with van der Waals surface area (Å²) in [4.78, 5) is 9.82. The molecule has 2 N–H and O–H groups in total. The SMILES string of the molecule is C=C(C)C(N)=O.CCCCCC1CCC(c2ccc(-c3ccc(CCC)cc3CC)cc2)CC1. The Labute approximate surface area is 209 Å². The maximum absolute atomic E-state index is 9.82. The highest BCUT2D eigenvalue weighted by Gasteiger charge is 2.22. The van der Waals surface area contributed by atoms with Crippen LogP contribution < -0.4 is 5.73 Å². The predicted octanol–water partition coefficient (Wildman–Crippen LogP) is 8.77. The number of hydrogen-bond acceptors (Lipinski definition) is 1. The van der Waals surface area contributed by atoms with Crippen molar-refractivity contribution in [1.29, 1.82) is 0 Å². The van der Waals surface area contributed by atoms with Crippen molar-refractivity contribution in [2.24, 2.45) is 11.7 Å². The first-order chi connectivity index (χ1) is 16.4. The third kappa shape index (κ3) is 8.78. The van der Waals surface area contributed by atoms with Gasteiger partial charge in [-0.2, -0.15) is 0 Å². The van der Waals surface area contributed by atoms with Gasteiger partial charge in [-0.3, -0.25) is 4.79 Å². The van der Waals surface area contributed by atoms with Gasteiger partial charge in [-0.1, -0.05) is 102 Å². The normalized spacial score (nSPS) is 17.5. The molecule has 34 heavy (non-hydrogen) atoms. The van der Waals surface area contributed by atoms with Crippen LogP contribution in [-0.4, -0.2) is 5.91 Å². The predicted molar refractivity (Wildman–Crippen MR) is 148 cm³/mol. The molecule has 1 amide bonds. The minimum absolute atomic E-state index is 0.398. The van der Waals surface area contributed by atoms with Gasteiger partial charge in [-0.25, -0.2) is 0 Å². The third-order valence-corrected chi connectivity index (χ3v) is 7.27. The Morgan fingerprint density at radius 1 is 0.941 bits per heavy atom. The summed E-state index contributed by atoms with van der Waals surface area (Å²) in [5.41, 5.74) is 12.4. The van der Waals surface area contributed by atoms with E-state index in [0.29, 0.717) is 5.57 Å². The van der Waals surface area contributed by atoms with Crippen LogP contribution in [0.5, 0.6) is 0 Å². The highest BCUT2D eigenvalue weighted by Crippen LogP contribution is 2.38. The first kappa shape index (κ1) is 27.9. The second-order valence-electron chi connectivity index (χ2n) is 10.1. The van der Waals surface area contributed by atoms with E-state index in [9.17, 15) is 4.79 Å². The summed E-state index contributed by atoms with van der Waals surface area (Å²) in [6, 6.07) is 16.7. The number of amides is 1. The standard InChI is InChI=1S/C28H40.C4H7NO/c1-4-7-8-10-22-11-14-25(15-12-22)26-16-18-27(19-17-26)28-20-13-23(9-5-2)21-24(28)6-3;1-3(2)4(5)6/h13,16-22,25H,4-12,14-15H2,1-3H3;1H2,2H3,(H2,5,6). The molecule has 0 bridgehead atoms. The topological polar surface area (TPSA) is 43.1 Å².